The van der Waals surface area contributed by atoms with Crippen LogP contribution in [0.2, 0.25) is 0 Å². The molecule has 0 spiro atoms. The number of Topliss-reactive ketones (excluding diaryl/α,β-unsaturated/α-hetero) is 1. The van der Waals surface area contributed by atoms with Crippen molar-refractivity contribution in [2.75, 3.05) is 18.6 Å². The van der Waals surface area contributed by atoms with Crippen LogP contribution >= 0.6 is 0 Å². The average molecular weight is 528 g/mol. The molecule has 0 bridgehead atoms. The average Bonchev–Trinajstić information content (AvgIpc) is 3.47. The minimum absolute atomic E-state index is 0.0200. The number of carbonyl (C=O) groups excluding carboxylic acids is 2. The Morgan fingerprint density at radius 2 is 1.77 bits per heavy atom. The van der Waals surface area contributed by atoms with E-state index >= 15 is 0 Å². The molecule has 4 aromatic rings. The van der Waals surface area contributed by atoms with E-state index in [1.165, 1.54) is 12.0 Å². The Bertz CT molecular complexity index is 1580. The van der Waals surface area contributed by atoms with Gasteiger partial charge in [0.1, 0.15) is 11.5 Å². The second-order valence-corrected chi connectivity index (χ2v) is 9.33. The van der Waals surface area contributed by atoms with E-state index in [-0.39, 0.29) is 17.4 Å². The first kappa shape index (κ1) is 25.9. The van der Waals surface area contributed by atoms with Crippen molar-refractivity contribution in [3.63, 3.8) is 0 Å². The molecule has 8 heteroatoms. The number of anilines is 1. The van der Waals surface area contributed by atoms with Gasteiger partial charge in [-0.3, -0.25) is 14.5 Å². The molecule has 0 saturated heterocycles. The lowest BCUT2D eigenvalue weighted by atomic mass is 9.94. The lowest BCUT2D eigenvalue weighted by molar-refractivity contribution is -0.117. The van der Waals surface area contributed by atoms with Gasteiger partial charge in [-0.15, -0.1) is 0 Å². The molecule has 1 amide bonds. The highest BCUT2D eigenvalue weighted by molar-refractivity contribution is 6.20. The van der Waals surface area contributed by atoms with Gasteiger partial charge in [-0.1, -0.05) is 30.3 Å². The maximum absolute atomic E-state index is 14.0. The Balaban J connectivity index is 1.65. The quantitative estimate of drug-likeness (QED) is 0.251. The Morgan fingerprint density at radius 1 is 1.03 bits per heavy atom. The molecule has 1 unspecified atom stereocenters. The monoisotopic (exact) mass is 527 g/mol. The molecule has 39 heavy (non-hydrogen) atoms. The minimum Gasteiger partial charge on any atom is -0.503 e. The van der Waals surface area contributed by atoms with Gasteiger partial charge >= 0.3 is 0 Å². The van der Waals surface area contributed by atoms with Crippen LogP contribution in [0, 0.1) is 0 Å². The van der Waals surface area contributed by atoms with Gasteiger partial charge in [-0.25, -0.2) is 0 Å². The highest BCUT2D eigenvalue weighted by Gasteiger charge is 2.45. The third-order valence-electron chi connectivity index (χ3n) is 6.36. The summed E-state index contributed by atoms with van der Waals surface area (Å²) in [5, 5.41) is 11.8. The fourth-order valence-corrected chi connectivity index (χ4v) is 4.78. The van der Waals surface area contributed by atoms with E-state index < -0.39 is 23.5 Å². The number of rotatable bonds is 9. The zero-order chi connectivity index (χ0) is 27.7. The summed E-state index contributed by atoms with van der Waals surface area (Å²) in [6.07, 6.45) is -0.0833. The van der Waals surface area contributed by atoms with Gasteiger partial charge in [-0.2, -0.15) is 0 Å². The van der Waals surface area contributed by atoms with Crippen LogP contribution in [0.3, 0.4) is 0 Å². The number of carbonyl (C=O) groups is 2. The molecule has 0 radical (unpaired) electrons. The molecule has 5 rings (SSSR count). The van der Waals surface area contributed by atoms with Crippen LogP contribution < -0.4 is 19.1 Å². The van der Waals surface area contributed by atoms with Crippen LogP contribution in [0.15, 0.2) is 88.5 Å². The van der Waals surface area contributed by atoms with Crippen molar-refractivity contribution in [3.05, 3.63) is 95.5 Å². The van der Waals surface area contributed by atoms with Gasteiger partial charge in [0, 0.05) is 17.1 Å². The standard InChI is InChI=1S/C31H29NO7/c1-5-37-22-12-8-11-21(17-22)32-27(19-9-6-13-23(15-19)38-18(2)3)26(29(34)31(32)35)28(33)25-16-20-10-7-14-24(36-4)30(20)39-25/h6-18,27,34H,5H2,1-4H3. The number of methoxy groups -OCH3 is 1. The van der Waals surface area contributed by atoms with E-state index in [4.69, 9.17) is 18.6 Å². The lowest BCUT2D eigenvalue weighted by Crippen LogP contribution is -2.31. The number of fused-ring (bicyclic) bond motifs is 1. The van der Waals surface area contributed by atoms with Crippen molar-refractivity contribution in [3.8, 4) is 17.2 Å². The minimum atomic E-state index is -0.951. The van der Waals surface area contributed by atoms with E-state index in [0.29, 0.717) is 46.1 Å². The number of benzene rings is 3. The summed E-state index contributed by atoms with van der Waals surface area (Å²) in [6, 6.07) is 20.1. The van der Waals surface area contributed by atoms with Gasteiger partial charge in [0.15, 0.2) is 22.9 Å². The summed E-state index contributed by atoms with van der Waals surface area (Å²) < 4.78 is 22.8. The number of ketones is 1. The van der Waals surface area contributed by atoms with Crippen molar-refractivity contribution in [1.82, 2.24) is 0 Å². The van der Waals surface area contributed by atoms with Crippen LogP contribution in [0.4, 0.5) is 5.69 Å². The van der Waals surface area contributed by atoms with Crippen LogP contribution in [-0.2, 0) is 4.79 Å². The number of amides is 1. The number of hydrogen-bond acceptors (Lipinski definition) is 7. The molecule has 0 fully saturated rings. The summed E-state index contributed by atoms with van der Waals surface area (Å²) >= 11 is 0. The van der Waals surface area contributed by atoms with Crippen molar-refractivity contribution < 1.29 is 33.3 Å². The maximum Gasteiger partial charge on any atom is 0.294 e. The molecule has 1 aromatic heterocycles. The van der Waals surface area contributed by atoms with Crippen molar-refractivity contribution in [2.45, 2.75) is 32.9 Å². The normalized spacial score (nSPS) is 15.4. The first-order chi connectivity index (χ1) is 18.8. The van der Waals surface area contributed by atoms with Crippen molar-refractivity contribution >= 4 is 28.3 Å². The third kappa shape index (κ3) is 4.81. The van der Waals surface area contributed by atoms with Gasteiger partial charge in [0.25, 0.3) is 5.91 Å². The Labute approximate surface area is 226 Å². The molecule has 3 aromatic carbocycles. The van der Waals surface area contributed by atoms with E-state index in [1.807, 2.05) is 20.8 Å². The number of para-hydroxylation sites is 1. The molecule has 1 aliphatic heterocycles. The van der Waals surface area contributed by atoms with Crippen LogP contribution in [0.5, 0.6) is 17.2 Å². The highest BCUT2D eigenvalue weighted by atomic mass is 16.5. The number of ether oxygens (including phenoxy) is 3. The second-order valence-electron chi connectivity index (χ2n) is 9.33. The third-order valence-corrected chi connectivity index (χ3v) is 6.36. The summed E-state index contributed by atoms with van der Waals surface area (Å²) in [5.41, 5.74) is 1.36. The van der Waals surface area contributed by atoms with E-state index in [9.17, 15) is 14.7 Å². The van der Waals surface area contributed by atoms with E-state index in [0.717, 1.165) is 0 Å². The number of aliphatic hydroxyl groups excluding tert-OH is 1. The van der Waals surface area contributed by atoms with Gasteiger partial charge in [0.05, 0.1) is 31.4 Å². The Morgan fingerprint density at radius 3 is 2.51 bits per heavy atom. The summed E-state index contributed by atoms with van der Waals surface area (Å²) in [4.78, 5) is 29.0. The molecule has 0 saturated carbocycles. The molecular weight excluding hydrogens is 498 g/mol. The lowest BCUT2D eigenvalue weighted by Gasteiger charge is -2.27. The Hall–Kier alpha value is -4.72. The largest absolute Gasteiger partial charge is 0.503 e. The van der Waals surface area contributed by atoms with Gasteiger partial charge < -0.3 is 23.7 Å². The van der Waals surface area contributed by atoms with Crippen LogP contribution in [0.25, 0.3) is 11.0 Å². The zero-order valence-electron chi connectivity index (χ0n) is 22.1. The molecule has 1 N–H and O–H groups in total. The van der Waals surface area contributed by atoms with E-state index in [2.05, 4.69) is 0 Å². The first-order valence-electron chi connectivity index (χ1n) is 12.7. The van der Waals surface area contributed by atoms with Crippen LogP contribution in [-0.4, -0.2) is 36.6 Å². The molecule has 1 aliphatic rings. The summed E-state index contributed by atoms with van der Waals surface area (Å²) in [6.45, 7) is 6.13. The number of nitrogens with zero attached hydrogens (tertiary/aromatic N) is 1. The van der Waals surface area contributed by atoms with Crippen LogP contribution in [0.1, 0.15) is 42.9 Å². The molecule has 1 atom stereocenters. The van der Waals surface area contributed by atoms with Gasteiger partial charge in [0.2, 0.25) is 5.78 Å². The number of hydrogen-bond donors (Lipinski definition) is 1. The fourth-order valence-electron chi connectivity index (χ4n) is 4.78. The van der Waals surface area contributed by atoms with E-state index in [1.54, 1.807) is 72.8 Å². The summed E-state index contributed by atoms with van der Waals surface area (Å²) in [7, 11) is 1.51. The topological polar surface area (TPSA) is 98.4 Å². The summed E-state index contributed by atoms with van der Waals surface area (Å²) in [5.74, 6) is -0.380. The highest BCUT2D eigenvalue weighted by Crippen LogP contribution is 2.44. The van der Waals surface area contributed by atoms with Crippen molar-refractivity contribution in [2.24, 2.45) is 0 Å². The molecular formula is C31H29NO7. The molecule has 200 valence electrons. The fraction of sp³-hybridized carbons (Fsp3) is 0.226. The maximum atomic E-state index is 14.0. The molecule has 8 nitrogen and oxygen atoms in total. The molecule has 2 heterocycles. The SMILES string of the molecule is CCOc1cccc(N2C(=O)C(O)=C(C(=O)c3cc4cccc(OC)c4o3)C2c2cccc(OC(C)C)c2)c1. The zero-order valence-corrected chi connectivity index (χ0v) is 22.1. The number of aliphatic hydroxyl groups is 1. The Kier molecular flexibility index (Phi) is 7.02. The first-order valence-corrected chi connectivity index (χ1v) is 12.7. The number of furan rings is 1. The molecule has 0 aliphatic carbocycles. The predicted octanol–water partition coefficient (Wildman–Crippen LogP) is 6.41. The smallest absolute Gasteiger partial charge is 0.294 e. The second kappa shape index (κ2) is 10.6. The predicted molar refractivity (Wildman–Crippen MR) is 147 cm³/mol. The van der Waals surface area contributed by atoms with Crippen molar-refractivity contribution in [1.29, 1.82) is 0 Å². The van der Waals surface area contributed by atoms with Gasteiger partial charge in [-0.05, 0) is 62.7 Å².